The van der Waals surface area contributed by atoms with Crippen molar-refractivity contribution in [2.75, 3.05) is 37.6 Å². The number of likely N-dealkylation sites (tertiary alicyclic amines) is 1. The van der Waals surface area contributed by atoms with E-state index in [0.29, 0.717) is 23.6 Å². The third kappa shape index (κ3) is 5.57. The number of hydrogen-bond donors (Lipinski definition) is 1. The number of β-amino-alcohol motifs (C(OH)–C–C–N with tert-alkyl or cyclic N) is 1. The fourth-order valence-electron chi connectivity index (χ4n) is 5.71. The lowest BCUT2D eigenvalue weighted by atomic mass is 9.86. The summed E-state index contributed by atoms with van der Waals surface area (Å²) in [7, 11) is 0. The number of anilines is 1. The van der Waals surface area contributed by atoms with Gasteiger partial charge in [-0.15, -0.1) is 0 Å². The molecule has 1 unspecified atom stereocenters. The van der Waals surface area contributed by atoms with E-state index in [4.69, 9.17) is 4.74 Å². The zero-order valence-electron chi connectivity index (χ0n) is 22.0. The second kappa shape index (κ2) is 9.95. The number of ether oxygens (including phenoxy) is 1. The number of hydrogen-bond acceptors (Lipinski definition) is 8. The summed E-state index contributed by atoms with van der Waals surface area (Å²) in [5.74, 6) is 1.54. The predicted octanol–water partition coefficient (Wildman–Crippen LogP) is 4.66. The van der Waals surface area contributed by atoms with E-state index in [0.717, 1.165) is 56.1 Å². The second-order valence-electron chi connectivity index (χ2n) is 11.4. The molecule has 8 nitrogen and oxygen atoms in total. The van der Waals surface area contributed by atoms with Crippen LogP contribution >= 0.6 is 0 Å². The Balaban J connectivity index is 1.41. The van der Waals surface area contributed by atoms with Crippen LogP contribution in [0.1, 0.15) is 52.1 Å². The molecule has 2 aliphatic heterocycles. The second-order valence-corrected chi connectivity index (χ2v) is 11.4. The Morgan fingerprint density at radius 1 is 1.03 bits per heavy atom. The summed E-state index contributed by atoms with van der Waals surface area (Å²) < 4.78 is 20.8. The van der Waals surface area contributed by atoms with Crippen LogP contribution < -0.4 is 9.64 Å². The van der Waals surface area contributed by atoms with E-state index in [1.54, 1.807) is 18.5 Å². The molecule has 5 rings (SSSR count). The average Bonchev–Trinajstić information content (AvgIpc) is 3.45. The van der Waals surface area contributed by atoms with Gasteiger partial charge in [-0.2, -0.15) is 0 Å². The molecule has 4 heterocycles. The van der Waals surface area contributed by atoms with Crippen LogP contribution in [-0.2, 0) is 0 Å². The van der Waals surface area contributed by atoms with Crippen molar-refractivity contribution in [1.82, 2.24) is 24.8 Å². The van der Waals surface area contributed by atoms with Gasteiger partial charge in [0.1, 0.15) is 24.2 Å². The minimum absolute atomic E-state index is 0.132. The van der Waals surface area contributed by atoms with Crippen molar-refractivity contribution in [3.63, 3.8) is 0 Å². The minimum Gasteiger partial charge on any atom is -0.451 e. The fraction of sp³-hybridized carbons (Fsp3) is 0.500. The van der Waals surface area contributed by atoms with E-state index in [9.17, 15) is 9.50 Å². The molecule has 37 heavy (non-hydrogen) atoms. The summed E-state index contributed by atoms with van der Waals surface area (Å²) in [4.78, 5) is 22.1. The van der Waals surface area contributed by atoms with E-state index in [1.807, 2.05) is 27.7 Å². The Morgan fingerprint density at radius 3 is 2.57 bits per heavy atom. The maximum absolute atomic E-state index is 14.4. The van der Waals surface area contributed by atoms with Crippen molar-refractivity contribution in [2.45, 2.75) is 52.1 Å². The number of aliphatic hydroxyl groups is 1. The topological polar surface area (TPSA) is 87.5 Å². The quantitative estimate of drug-likeness (QED) is 0.495. The number of halogens is 1. The Labute approximate surface area is 217 Å². The summed E-state index contributed by atoms with van der Waals surface area (Å²) >= 11 is 0. The van der Waals surface area contributed by atoms with E-state index < -0.39 is 5.60 Å². The van der Waals surface area contributed by atoms with E-state index in [-0.39, 0.29) is 17.2 Å². The molecule has 2 aliphatic rings. The summed E-state index contributed by atoms with van der Waals surface area (Å²) in [6, 6.07) is 4.49. The van der Waals surface area contributed by atoms with Crippen molar-refractivity contribution in [3.05, 3.63) is 54.8 Å². The molecule has 2 fully saturated rings. The molecular weight excluding hydrogens is 471 g/mol. The van der Waals surface area contributed by atoms with E-state index >= 15 is 0 Å². The lowest BCUT2D eigenvalue weighted by Gasteiger charge is -2.28. The van der Waals surface area contributed by atoms with Crippen LogP contribution in [0.25, 0.3) is 11.1 Å². The third-order valence-electron chi connectivity index (χ3n) is 7.27. The van der Waals surface area contributed by atoms with Crippen LogP contribution in [0.2, 0.25) is 0 Å². The highest BCUT2D eigenvalue weighted by atomic mass is 19.1. The minimum atomic E-state index is -0.705. The van der Waals surface area contributed by atoms with Gasteiger partial charge in [-0.25, -0.2) is 24.3 Å². The van der Waals surface area contributed by atoms with Gasteiger partial charge in [0.25, 0.3) is 0 Å². The van der Waals surface area contributed by atoms with Gasteiger partial charge < -0.3 is 14.7 Å². The average molecular weight is 507 g/mol. The Bertz CT molecular complexity index is 1260. The summed E-state index contributed by atoms with van der Waals surface area (Å²) in [5, 5.41) is 10.3. The first-order valence-electron chi connectivity index (χ1n) is 12.9. The normalized spacial score (nSPS) is 20.4. The molecule has 2 saturated heterocycles. The van der Waals surface area contributed by atoms with Crippen molar-refractivity contribution >= 4 is 5.82 Å². The van der Waals surface area contributed by atoms with Crippen LogP contribution in [0.4, 0.5) is 10.2 Å². The van der Waals surface area contributed by atoms with Crippen LogP contribution in [-0.4, -0.2) is 68.3 Å². The largest absolute Gasteiger partial charge is 0.451 e. The van der Waals surface area contributed by atoms with Gasteiger partial charge >= 0.3 is 0 Å². The highest BCUT2D eigenvalue weighted by Crippen LogP contribution is 2.44. The monoisotopic (exact) mass is 506 g/mol. The van der Waals surface area contributed by atoms with Gasteiger partial charge in [-0.05, 0) is 57.4 Å². The van der Waals surface area contributed by atoms with Gasteiger partial charge in [-0.1, -0.05) is 13.8 Å². The summed E-state index contributed by atoms with van der Waals surface area (Å²) in [5.41, 5.74) is 1.62. The van der Waals surface area contributed by atoms with Gasteiger partial charge in [0.15, 0.2) is 11.6 Å². The molecule has 0 aliphatic carbocycles. The molecule has 0 radical (unpaired) electrons. The van der Waals surface area contributed by atoms with Crippen LogP contribution in [0, 0.1) is 11.2 Å². The fourth-order valence-corrected chi connectivity index (χ4v) is 5.71. The molecule has 0 bridgehead atoms. The van der Waals surface area contributed by atoms with Crippen molar-refractivity contribution in [3.8, 4) is 22.6 Å². The van der Waals surface area contributed by atoms with Crippen molar-refractivity contribution in [2.24, 2.45) is 5.41 Å². The third-order valence-corrected chi connectivity index (χ3v) is 7.27. The molecule has 1 atom stereocenters. The number of benzene rings is 1. The predicted molar refractivity (Wildman–Crippen MR) is 140 cm³/mol. The number of rotatable bonds is 7. The van der Waals surface area contributed by atoms with Gasteiger partial charge in [-0.3, -0.25) is 4.90 Å². The standard InChI is InChI=1S/C28H35FN6O2/c1-19(2)25-22(12-30-17-32-25)21-11-20(29)5-6-23(21)37-24-13-31-18-33-26(24)35-10-8-28(16-35)7-9-34(15-28)14-27(3,4)36/h5-6,11-13,17-19,36H,7-10,14-16H2,1-4H3. The maximum Gasteiger partial charge on any atom is 0.188 e. The summed E-state index contributed by atoms with van der Waals surface area (Å²) in [6.07, 6.45) is 8.57. The lowest BCUT2D eigenvalue weighted by Crippen LogP contribution is -2.39. The highest BCUT2D eigenvalue weighted by molar-refractivity contribution is 5.73. The van der Waals surface area contributed by atoms with E-state index in [2.05, 4.69) is 29.7 Å². The smallest absolute Gasteiger partial charge is 0.188 e. The molecule has 0 saturated carbocycles. The molecule has 1 spiro atoms. The van der Waals surface area contributed by atoms with E-state index in [1.165, 1.54) is 24.8 Å². The molecular formula is C28H35FN6O2. The zero-order chi connectivity index (χ0) is 26.2. The highest BCUT2D eigenvalue weighted by Gasteiger charge is 2.45. The maximum atomic E-state index is 14.4. The van der Waals surface area contributed by atoms with Crippen LogP contribution in [0.15, 0.2) is 43.2 Å². The Morgan fingerprint density at radius 2 is 1.78 bits per heavy atom. The molecule has 1 N–H and O–H groups in total. The van der Waals surface area contributed by atoms with Gasteiger partial charge in [0.05, 0.1) is 17.5 Å². The lowest BCUT2D eigenvalue weighted by molar-refractivity contribution is 0.0408. The first-order valence-corrected chi connectivity index (χ1v) is 12.9. The Kier molecular flexibility index (Phi) is 6.85. The molecule has 3 aromatic rings. The van der Waals surface area contributed by atoms with Crippen LogP contribution in [0.3, 0.4) is 0 Å². The molecule has 196 valence electrons. The zero-order valence-corrected chi connectivity index (χ0v) is 22.0. The molecule has 0 amide bonds. The number of aromatic nitrogens is 4. The van der Waals surface area contributed by atoms with Crippen molar-refractivity contribution in [1.29, 1.82) is 0 Å². The summed E-state index contributed by atoms with van der Waals surface area (Å²) in [6.45, 7) is 12.2. The first-order chi connectivity index (χ1) is 17.6. The molecule has 9 heteroatoms. The molecule has 2 aromatic heterocycles. The number of nitrogens with zero attached hydrogens (tertiary/aromatic N) is 6. The first kappa shape index (κ1) is 25.5. The van der Waals surface area contributed by atoms with Crippen molar-refractivity contribution < 1.29 is 14.2 Å². The van der Waals surface area contributed by atoms with Crippen LogP contribution in [0.5, 0.6) is 11.5 Å². The van der Waals surface area contributed by atoms with Gasteiger partial charge in [0.2, 0.25) is 0 Å². The Hall–Kier alpha value is -3.17. The molecule has 1 aromatic carbocycles. The SMILES string of the molecule is CC(C)c1ncncc1-c1cc(F)ccc1Oc1cncnc1N1CCC2(CCN(CC(C)(C)O)C2)C1. The van der Waals surface area contributed by atoms with Gasteiger partial charge in [0, 0.05) is 48.9 Å².